The molecule has 162 valence electrons. The minimum atomic E-state index is -0.536. The topological polar surface area (TPSA) is 90.3 Å². The molecule has 0 saturated carbocycles. The minimum Gasteiger partial charge on any atom is -0.443 e. The first kappa shape index (κ1) is 21.1. The predicted molar refractivity (Wildman–Crippen MR) is 115 cm³/mol. The van der Waals surface area contributed by atoms with Crippen LogP contribution in [-0.2, 0) is 20.5 Å². The molecular formula is C22H23ClN4O4. The number of aromatic nitrogens is 3. The summed E-state index contributed by atoms with van der Waals surface area (Å²) in [5.41, 5.74) is 0.0546. The van der Waals surface area contributed by atoms with E-state index in [-0.39, 0.29) is 17.6 Å². The highest BCUT2D eigenvalue weighted by atomic mass is 35.5. The molecule has 0 radical (unpaired) electrons. The molecule has 8 nitrogen and oxygen atoms in total. The van der Waals surface area contributed by atoms with Gasteiger partial charge in [0.2, 0.25) is 5.89 Å². The van der Waals surface area contributed by atoms with E-state index >= 15 is 0 Å². The third-order valence-electron chi connectivity index (χ3n) is 5.66. The average molecular weight is 443 g/mol. The molecule has 3 heterocycles. The van der Waals surface area contributed by atoms with Crippen molar-refractivity contribution in [1.82, 2.24) is 19.0 Å². The van der Waals surface area contributed by atoms with Gasteiger partial charge in [0.1, 0.15) is 17.5 Å². The van der Waals surface area contributed by atoms with E-state index in [1.165, 1.54) is 24.7 Å². The predicted octanol–water partition coefficient (Wildman–Crippen LogP) is 2.68. The fourth-order valence-electron chi connectivity index (χ4n) is 3.88. The van der Waals surface area contributed by atoms with Gasteiger partial charge >= 0.3 is 5.69 Å². The van der Waals surface area contributed by atoms with Gasteiger partial charge in [0, 0.05) is 38.1 Å². The Morgan fingerprint density at radius 1 is 1.16 bits per heavy atom. The second-order valence-electron chi connectivity index (χ2n) is 7.75. The van der Waals surface area contributed by atoms with Gasteiger partial charge in [-0.1, -0.05) is 23.7 Å². The number of amides is 1. The summed E-state index contributed by atoms with van der Waals surface area (Å²) in [5, 5.41) is 0.670. The second-order valence-corrected chi connectivity index (χ2v) is 8.18. The largest absolute Gasteiger partial charge is 0.443 e. The first-order valence-corrected chi connectivity index (χ1v) is 10.5. The van der Waals surface area contributed by atoms with Crippen molar-refractivity contribution in [3.63, 3.8) is 0 Å². The number of piperidine rings is 1. The maximum Gasteiger partial charge on any atom is 0.331 e. The summed E-state index contributed by atoms with van der Waals surface area (Å²) in [6.45, 7) is 0.502. The molecule has 2 aromatic heterocycles. The lowest BCUT2D eigenvalue weighted by molar-refractivity contribution is 0.0558. The summed E-state index contributed by atoms with van der Waals surface area (Å²) in [7, 11) is 2.88. The number of nitrogens with zero attached hydrogens (tertiary/aromatic N) is 4. The molecule has 3 aromatic rings. The third-order valence-corrected chi connectivity index (χ3v) is 5.91. The Bertz CT molecular complexity index is 1230. The van der Waals surface area contributed by atoms with Crippen molar-refractivity contribution in [2.24, 2.45) is 14.1 Å². The zero-order valence-corrected chi connectivity index (χ0v) is 18.1. The highest BCUT2D eigenvalue weighted by Gasteiger charge is 2.33. The van der Waals surface area contributed by atoms with E-state index in [1.807, 2.05) is 24.3 Å². The lowest BCUT2D eigenvalue weighted by atomic mass is 10.0. The van der Waals surface area contributed by atoms with Gasteiger partial charge in [0.25, 0.3) is 11.5 Å². The monoisotopic (exact) mass is 442 g/mol. The van der Waals surface area contributed by atoms with E-state index in [4.69, 9.17) is 16.0 Å². The molecule has 1 atom stereocenters. The number of rotatable bonds is 4. The molecule has 0 spiro atoms. The van der Waals surface area contributed by atoms with Crippen LogP contribution in [0.25, 0.3) is 0 Å². The molecule has 1 aliphatic heterocycles. The zero-order chi connectivity index (χ0) is 22.1. The van der Waals surface area contributed by atoms with Crippen molar-refractivity contribution in [2.45, 2.75) is 31.7 Å². The second kappa shape index (κ2) is 8.55. The molecule has 1 amide bonds. The van der Waals surface area contributed by atoms with E-state index < -0.39 is 11.2 Å². The molecule has 1 fully saturated rings. The van der Waals surface area contributed by atoms with Gasteiger partial charge in [-0.05, 0) is 37.0 Å². The lowest BCUT2D eigenvalue weighted by Crippen LogP contribution is -2.44. The van der Waals surface area contributed by atoms with Crippen LogP contribution in [0.4, 0.5) is 0 Å². The SMILES string of the molecule is Cn1c(C(=O)N2CCCC[C@H]2c2ncc(Cc3ccc(Cl)cc3)o2)cc(=O)n(C)c1=O. The Morgan fingerprint density at radius 3 is 2.65 bits per heavy atom. The van der Waals surface area contributed by atoms with E-state index in [9.17, 15) is 14.4 Å². The van der Waals surface area contributed by atoms with Crippen molar-refractivity contribution in [2.75, 3.05) is 6.54 Å². The maximum atomic E-state index is 13.3. The number of benzene rings is 1. The quantitative estimate of drug-likeness (QED) is 0.619. The normalized spacial score (nSPS) is 16.5. The van der Waals surface area contributed by atoms with Crippen LogP contribution in [0.2, 0.25) is 5.02 Å². The van der Waals surface area contributed by atoms with Gasteiger partial charge in [-0.25, -0.2) is 9.78 Å². The van der Waals surface area contributed by atoms with Crippen LogP contribution in [0, 0.1) is 0 Å². The van der Waals surface area contributed by atoms with Crippen molar-refractivity contribution in [3.05, 3.63) is 85.3 Å². The Morgan fingerprint density at radius 2 is 1.90 bits per heavy atom. The lowest BCUT2D eigenvalue weighted by Gasteiger charge is -2.34. The fraction of sp³-hybridized carbons (Fsp3) is 0.364. The van der Waals surface area contributed by atoms with Gasteiger partial charge in [-0.2, -0.15) is 0 Å². The van der Waals surface area contributed by atoms with E-state index in [0.717, 1.165) is 23.0 Å². The number of carbonyl (C=O) groups is 1. The molecule has 1 aromatic carbocycles. The summed E-state index contributed by atoms with van der Waals surface area (Å²) in [4.78, 5) is 43.7. The van der Waals surface area contributed by atoms with Crippen LogP contribution in [0.3, 0.4) is 0 Å². The van der Waals surface area contributed by atoms with Crippen LogP contribution >= 0.6 is 11.6 Å². The molecule has 0 unspecified atom stereocenters. The van der Waals surface area contributed by atoms with E-state index in [1.54, 1.807) is 11.1 Å². The summed E-state index contributed by atoms with van der Waals surface area (Å²) in [6.07, 6.45) is 4.70. The number of likely N-dealkylation sites (tertiary alicyclic amines) is 1. The van der Waals surface area contributed by atoms with Crippen molar-refractivity contribution in [1.29, 1.82) is 0 Å². The Hall–Kier alpha value is -3.13. The summed E-state index contributed by atoms with van der Waals surface area (Å²) < 4.78 is 8.18. The highest BCUT2D eigenvalue weighted by Crippen LogP contribution is 2.32. The number of oxazole rings is 1. The fourth-order valence-corrected chi connectivity index (χ4v) is 4.00. The first-order valence-electron chi connectivity index (χ1n) is 10.1. The van der Waals surface area contributed by atoms with Gasteiger partial charge in [0.05, 0.1) is 6.20 Å². The van der Waals surface area contributed by atoms with Crippen LogP contribution in [-0.4, -0.2) is 31.5 Å². The Balaban J connectivity index is 1.61. The molecule has 9 heteroatoms. The smallest absolute Gasteiger partial charge is 0.331 e. The highest BCUT2D eigenvalue weighted by molar-refractivity contribution is 6.30. The van der Waals surface area contributed by atoms with Gasteiger partial charge < -0.3 is 9.32 Å². The van der Waals surface area contributed by atoms with Crippen molar-refractivity contribution >= 4 is 17.5 Å². The molecule has 1 saturated heterocycles. The molecule has 1 aliphatic rings. The summed E-state index contributed by atoms with van der Waals surface area (Å²) >= 11 is 5.94. The van der Waals surface area contributed by atoms with Crippen molar-refractivity contribution < 1.29 is 9.21 Å². The van der Waals surface area contributed by atoms with Crippen LogP contribution < -0.4 is 11.2 Å². The minimum absolute atomic E-state index is 0.0629. The number of halogens is 1. The van der Waals surface area contributed by atoms with Crippen molar-refractivity contribution in [3.8, 4) is 0 Å². The van der Waals surface area contributed by atoms with Gasteiger partial charge in [-0.15, -0.1) is 0 Å². The molecule has 31 heavy (non-hydrogen) atoms. The number of hydrogen-bond acceptors (Lipinski definition) is 5. The van der Waals surface area contributed by atoms with Gasteiger partial charge in [-0.3, -0.25) is 18.7 Å². The van der Waals surface area contributed by atoms with Gasteiger partial charge in [0.15, 0.2) is 0 Å². The van der Waals surface area contributed by atoms with Crippen LogP contribution in [0.15, 0.2) is 50.5 Å². The van der Waals surface area contributed by atoms with E-state index in [0.29, 0.717) is 36.1 Å². The first-order chi connectivity index (χ1) is 14.8. The zero-order valence-electron chi connectivity index (χ0n) is 17.4. The maximum absolute atomic E-state index is 13.3. The van der Waals surface area contributed by atoms with Crippen LogP contribution in [0.5, 0.6) is 0 Å². The number of hydrogen-bond donors (Lipinski definition) is 0. The Kier molecular flexibility index (Phi) is 5.82. The summed E-state index contributed by atoms with van der Waals surface area (Å²) in [5.74, 6) is 0.779. The standard InChI is InChI=1S/C22H23ClN4O4/c1-25-18(12-19(28)26(2)22(25)30)21(29)27-10-4-3-5-17(27)20-24-13-16(31-20)11-14-6-8-15(23)9-7-14/h6-9,12-13,17H,3-5,10-11H2,1-2H3/t17-/m0/s1. The molecule has 0 bridgehead atoms. The average Bonchev–Trinajstić information content (AvgIpc) is 3.24. The molecule has 0 N–H and O–H groups in total. The summed E-state index contributed by atoms with van der Waals surface area (Å²) in [6, 6.07) is 8.36. The number of carbonyl (C=O) groups excluding carboxylic acids is 1. The molecule has 4 rings (SSSR count). The Labute approximate surface area is 183 Å². The molecule has 0 aliphatic carbocycles. The molecular weight excluding hydrogens is 420 g/mol. The van der Waals surface area contributed by atoms with Crippen LogP contribution in [0.1, 0.15) is 53.0 Å². The van der Waals surface area contributed by atoms with E-state index in [2.05, 4.69) is 4.98 Å². The third kappa shape index (κ3) is 4.20.